The second-order valence-corrected chi connectivity index (χ2v) is 6.94. The summed E-state index contributed by atoms with van der Waals surface area (Å²) in [5.74, 6) is 0.308. The Labute approximate surface area is 144 Å². The molecule has 0 aliphatic carbocycles. The van der Waals surface area contributed by atoms with E-state index in [4.69, 9.17) is 15.9 Å². The third-order valence-corrected chi connectivity index (χ3v) is 4.47. The molecule has 0 saturated carbocycles. The van der Waals surface area contributed by atoms with E-state index < -0.39 is 12.0 Å². The van der Waals surface area contributed by atoms with Gasteiger partial charge < -0.3 is 15.9 Å². The third kappa shape index (κ3) is 13.1. The van der Waals surface area contributed by atoms with Crippen LogP contribution in [0.15, 0.2) is 34.9 Å². The fourth-order valence-electron chi connectivity index (χ4n) is 1.83. The predicted molar refractivity (Wildman–Crippen MR) is 99.8 cm³/mol. The Balaban J connectivity index is 3.90. The Morgan fingerprint density at radius 2 is 1.57 bits per heavy atom. The summed E-state index contributed by atoms with van der Waals surface area (Å²) in [7, 11) is 0. The highest BCUT2D eigenvalue weighted by Crippen LogP contribution is 2.12. The molecule has 0 heterocycles. The highest BCUT2D eigenvalue weighted by atomic mass is 32.2. The number of aliphatic hydroxyl groups excluding tert-OH is 1. The van der Waals surface area contributed by atoms with Gasteiger partial charge in [-0.15, -0.1) is 0 Å². The van der Waals surface area contributed by atoms with Crippen LogP contribution in [0.1, 0.15) is 46.5 Å². The molecule has 0 fully saturated rings. The summed E-state index contributed by atoms with van der Waals surface area (Å²) in [6.45, 7) is 6.33. The first kappa shape index (κ1) is 22.0. The van der Waals surface area contributed by atoms with Gasteiger partial charge in [-0.1, -0.05) is 34.9 Å². The zero-order valence-electron chi connectivity index (χ0n) is 14.5. The SMILES string of the molecule is CC(=CCSC[C@H](N)C(=O)O)CCC=C(C)CC/C=C(\C)CO. The van der Waals surface area contributed by atoms with E-state index in [1.54, 1.807) is 11.8 Å². The molecule has 0 aliphatic heterocycles. The van der Waals surface area contributed by atoms with Gasteiger partial charge in [0.2, 0.25) is 0 Å². The second-order valence-electron chi connectivity index (χ2n) is 5.87. The van der Waals surface area contributed by atoms with Gasteiger partial charge in [0.1, 0.15) is 6.04 Å². The van der Waals surface area contributed by atoms with Crippen LogP contribution >= 0.6 is 11.8 Å². The first-order valence-electron chi connectivity index (χ1n) is 8.00. The van der Waals surface area contributed by atoms with E-state index in [0.717, 1.165) is 37.0 Å². The number of carboxylic acid groups (broad SMARTS) is 1. The molecule has 0 radical (unpaired) electrons. The Hall–Kier alpha value is -1.04. The van der Waals surface area contributed by atoms with Crippen LogP contribution in [0.2, 0.25) is 0 Å². The van der Waals surface area contributed by atoms with Crippen LogP contribution in [0, 0.1) is 0 Å². The van der Waals surface area contributed by atoms with Gasteiger partial charge in [-0.25, -0.2) is 0 Å². The fraction of sp³-hybridized carbons (Fsp3) is 0.611. The standard InChI is InChI=1S/C18H31NO3S/c1-14(7-5-9-16(3)12-20)6-4-8-15(2)10-11-23-13-17(19)18(21)22/h6,9-10,17,20H,4-5,7-8,11-13,19H2,1-3H3,(H,21,22)/b14-6?,15-10?,16-9+/t17-/m0/s1. The van der Waals surface area contributed by atoms with Crippen molar-refractivity contribution in [2.45, 2.75) is 52.5 Å². The molecule has 0 aromatic rings. The van der Waals surface area contributed by atoms with Crippen LogP contribution in [0.4, 0.5) is 0 Å². The monoisotopic (exact) mass is 341 g/mol. The first-order valence-corrected chi connectivity index (χ1v) is 9.16. The van der Waals surface area contributed by atoms with Crippen molar-refractivity contribution >= 4 is 17.7 Å². The van der Waals surface area contributed by atoms with E-state index in [0.29, 0.717) is 5.75 Å². The molecular formula is C18H31NO3S. The number of hydrogen-bond donors (Lipinski definition) is 3. The van der Waals surface area contributed by atoms with Gasteiger partial charge in [-0.05, 0) is 46.5 Å². The largest absolute Gasteiger partial charge is 0.480 e. The summed E-state index contributed by atoms with van der Waals surface area (Å²) < 4.78 is 0. The first-order chi connectivity index (χ1) is 10.9. The van der Waals surface area contributed by atoms with Crippen molar-refractivity contribution in [1.82, 2.24) is 0 Å². The Morgan fingerprint density at radius 1 is 1.04 bits per heavy atom. The number of rotatable bonds is 12. The lowest BCUT2D eigenvalue weighted by Gasteiger charge is -2.05. The molecule has 0 aliphatic rings. The molecule has 0 bridgehead atoms. The Bertz CT molecular complexity index is 442. The molecule has 0 rings (SSSR count). The van der Waals surface area contributed by atoms with Crippen LogP contribution in [-0.2, 0) is 4.79 Å². The molecule has 0 aromatic carbocycles. The number of aliphatic carboxylic acids is 1. The molecule has 23 heavy (non-hydrogen) atoms. The summed E-state index contributed by atoms with van der Waals surface area (Å²) in [5.41, 5.74) is 9.17. The topological polar surface area (TPSA) is 83.6 Å². The van der Waals surface area contributed by atoms with E-state index >= 15 is 0 Å². The van der Waals surface area contributed by atoms with Crippen LogP contribution in [-0.4, -0.2) is 40.3 Å². The summed E-state index contributed by atoms with van der Waals surface area (Å²) in [6, 6.07) is -0.775. The quantitative estimate of drug-likeness (QED) is 0.374. The molecule has 5 heteroatoms. The van der Waals surface area contributed by atoms with Crippen LogP contribution in [0.3, 0.4) is 0 Å². The van der Waals surface area contributed by atoms with Crippen molar-refractivity contribution in [2.24, 2.45) is 5.73 Å². The summed E-state index contributed by atoms with van der Waals surface area (Å²) in [6.07, 6.45) is 10.6. The van der Waals surface area contributed by atoms with Gasteiger partial charge in [-0.3, -0.25) is 4.79 Å². The van der Waals surface area contributed by atoms with Crippen LogP contribution in [0.5, 0.6) is 0 Å². The van der Waals surface area contributed by atoms with Crippen molar-refractivity contribution in [3.63, 3.8) is 0 Å². The number of allylic oxidation sites excluding steroid dienone is 4. The molecule has 4 nitrogen and oxygen atoms in total. The van der Waals surface area contributed by atoms with Gasteiger partial charge in [0.25, 0.3) is 0 Å². The van der Waals surface area contributed by atoms with Crippen molar-refractivity contribution in [3.8, 4) is 0 Å². The second kappa shape index (κ2) is 13.4. The van der Waals surface area contributed by atoms with Crippen molar-refractivity contribution in [1.29, 1.82) is 0 Å². The summed E-state index contributed by atoms with van der Waals surface area (Å²) in [5, 5.41) is 17.6. The zero-order valence-corrected chi connectivity index (χ0v) is 15.4. The van der Waals surface area contributed by atoms with E-state index in [1.807, 2.05) is 6.92 Å². The molecule has 0 unspecified atom stereocenters. The lowest BCUT2D eigenvalue weighted by Crippen LogP contribution is -2.32. The molecule has 0 saturated heterocycles. The maximum atomic E-state index is 10.6. The number of nitrogens with two attached hydrogens (primary N) is 1. The van der Waals surface area contributed by atoms with E-state index in [9.17, 15) is 4.79 Å². The van der Waals surface area contributed by atoms with Crippen molar-refractivity contribution < 1.29 is 15.0 Å². The highest BCUT2D eigenvalue weighted by molar-refractivity contribution is 7.99. The smallest absolute Gasteiger partial charge is 0.321 e. The molecule has 0 spiro atoms. The Kier molecular flexibility index (Phi) is 12.8. The molecule has 132 valence electrons. The van der Waals surface area contributed by atoms with Crippen molar-refractivity contribution in [3.05, 3.63) is 34.9 Å². The molecule has 0 aromatic heterocycles. The van der Waals surface area contributed by atoms with E-state index in [1.165, 1.54) is 11.1 Å². The minimum atomic E-state index is -0.942. The lowest BCUT2D eigenvalue weighted by atomic mass is 10.1. The van der Waals surface area contributed by atoms with Gasteiger partial charge >= 0.3 is 5.97 Å². The summed E-state index contributed by atoms with van der Waals surface area (Å²) >= 11 is 1.55. The molecule has 4 N–H and O–H groups in total. The number of hydrogen-bond acceptors (Lipinski definition) is 4. The average Bonchev–Trinajstić information content (AvgIpc) is 2.50. The van der Waals surface area contributed by atoms with Crippen LogP contribution < -0.4 is 5.73 Å². The highest BCUT2D eigenvalue weighted by Gasteiger charge is 2.09. The number of carboxylic acids is 1. The Morgan fingerprint density at radius 3 is 2.09 bits per heavy atom. The van der Waals surface area contributed by atoms with E-state index in [2.05, 4.69) is 32.1 Å². The zero-order chi connectivity index (χ0) is 17.7. The number of thioether (sulfide) groups is 1. The third-order valence-electron chi connectivity index (χ3n) is 3.48. The minimum absolute atomic E-state index is 0.141. The van der Waals surface area contributed by atoms with Crippen molar-refractivity contribution in [2.75, 3.05) is 18.1 Å². The van der Waals surface area contributed by atoms with Crippen LogP contribution in [0.25, 0.3) is 0 Å². The maximum absolute atomic E-state index is 10.6. The fourth-order valence-corrected chi connectivity index (χ4v) is 2.76. The maximum Gasteiger partial charge on any atom is 0.321 e. The van der Waals surface area contributed by atoms with Gasteiger partial charge in [0.15, 0.2) is 0 Å². The number of carbonyl (C=O) groups is 1. The lowest BCUT2D eigenvalue weighted by molar-refractivity contribution is -0.137. The van der Waals surface area contributed by atoms with Gasteiger partial charge in [0.05, 0.1) is 6.61 Å². The normalized spacial score (nSPS) is 14.9. The van der Waals surface area contributed by atoms with E-state index in [-0.39, 0.29) is 6.61 Å². The predicted octanol–water partition coefficient (Wildman–Crippen LogP) is 3.52. The molecular weight excluding hydrogens is 310 g/mol. The summed E-state index contributed by atoms with van der Waals surface area (Å²) in [4.78, 5) is 10.6. The number of aliphatic hydroxyl groups is 1. The van der Waals surface area contributed by atoms with Gasteiger partial charge in [-0.2, -0.15) is 11.8 Å². The molecule has 0 amide bonds. The minimum Gasteiger partial charge on any atom is -0.480 e. The van der Waals surface area contributed by atoms with Gasteiger partial charge in [0, 0.05) is 11.5 Å². The average molecular weight is 342 g/mol. The molecule has 1 atom stereocenters.